The van der Waals surface area contributed by atoms with Crippen LogP contribution in [0.3, 0.4) is 0 Å². The topological polar surface area (TPSA) is 81.5 Å². The van der Waals surface area contributed by atoms with Gasteiger partial charge in [-0.05, 0) is 13.0 Å². The fraction of sp³-hybridized carbons (Fsp3) is 0.294. The van der Waals surface area contributed by atoms with E-state index in [1.807, 2.05) is 13.8 Å². The average Bonchev–Trinajstić information content (AvgIpc) is 2.46. The zero-order valence-corrected chi connectivity index (χ0v) is 14.2. The Morgan fingerprint density at radius 3 is 2.61 bits per heavy atom. The Bertz CT molecular complexity index is 722. The van der Waals surface area contributed by atoms with Crippen molar-refractivity contribution >= 4 is 22.7 Å². The lowest BCUT2D eigenvalue weighted by molar-refractivity contribution is -0.108. The van der Waals surface area contributed by atoms with Crippen LogP contribution in [0.5, 0.6) is 0 Å². The molecule has 1 aromatic carbocycles. The molecule has 0 amide bonds. The molecule has 4 nitrogen and oxygen atoms in total. The van der Waals surface area contributed by atoms with Crippen LogP contribution in [0, 0.1) is 5.82 Å². The van der Waals surface area contributed by atoms with Crippen LogP contribution in [-0.4, -0.2) is 16.2 Å². The van der Waals surface area contributed by atoms with Crippen LogP contribution in [-0.2, 0) is 4.79 Å². The van der Waals surface area contributed by atoms with E-state index >= 15 is 0 Å². The van der Waals surface area contributed by atoms with Crippen LogP contribution in [0.25, 0.3) is 0 Å². The molecular weight excluding hydrogens is 313 g/mol. The second-order valence-corrected chi connectivity index (χ2v) is 7.08. The molecule has 0 saturated carbocycles. The minimum Gasteiger partial charge on any atom is -0.404 e. The number of thioether (sulfide) groups is 1. The summed E-state index contributed by atoms with van der Waals surface area (Å²) in [7, 11) is 0. The SMILES string of the molecule is CC1=C(C(=O)SC(C)C)C(c2ccccc2F)/C(=C/N)C(N)=N1. The largest absolute Gasteiger partial charge is 0.404 e. The van der Waals surface area contributed by atoms with Crippen molar-refractivity contribution in [2.75, 3.05) is 0 Å². The zero-order chi connectivity index (χ0) is 17.1. The van der Waals surface area contributed by atoms with Crippen molar-refractivity contribution in [3.05, 3.63) is 58.7 Å². The number of nitrogens with two attached hydrogens (primary N) is 2. The molecule has 0 fully saturated rings. The van der Waals surface area contributed by atoms with Gasteiger partial charge in [-0.15, -0.1) is 0 Å². The molecule has 0 spiro atoms. The molecule has 122 valence electrons. The molecule has 4 N–H and O–H groups in total. The number of aliphatic imine (C=N–C) groups is 1. The molecule has 1 aliphatic heterocycles. The molecule has 0 aliphatic carbocycles. The highest BCUT2D eigenvalue weighted by Gasteiger charge is 2.34. The van der Waals surface area contributed by atoms with Crippen LogP contribution in [0.1, 0.15) is 32.3 Å². The fourth-order valence-electron chi connectivity index (χ4n) is 2.57. The molecule has 23 heavy (non-hydrogen) atoms. The quantitative estimate of drug-likeness (QED) is 0.891. The smallest absolute Gasteiger partial charge is 0.218 e. The van der Waals surface area contributed by atoms with Gasteiger partial charge in [-0.25, -0.2) is 9.38 Å². The summed E-state index contributed by atoms with van der Waals surface area (Å²) in [5.74, 6) is -0.832. The second-order valence-electron chi connectivity index (χ2n) is 5.53. The monoisotopic (exact) mass is 333 g/mol. The molecule has 6 heteroatoms. The van der Waals surface area contributed by atoms with Gasteiger partial charge in [0.2, 0.25) is 5.12 Å². The van der Waals surface area contributed by atoms with E-state index in [9.17, 15) is 9.18 Å². The van der Waals surface area contributed by atoms with Crippen LogP contribution in [0.2, 0.25) is 0 Å². The van der Waals surface area contributed by atoms with Gasteiger partial charge in [0.1, 0.15) is 11.7 Å². The summed E-state index contributed by atoms with van der Waals surface area (Å²) in [6.07, 6.45) is 1.30. The lowest BCUT2D eigenvalue weighted by Crippen LogP contribution is -2.29. The third kappa shape index (κ3) is 3.47. The van der Waals surface area contributed by atoms with E-state index in [4.69, 9.17) is 11.5 Å². The maximum atomic E-state index is 14.3. The minimum absolute atomic E-state index is 0.109. The van der Waals surface area contributed by atoms with Crippen molar-refractivity contribution in [1.29, 1.82) is 0 Å². The van der Waals surface area contributed by atoms with Crippen molar-refractivity contribution in [2.24, 2.45) is 16.5 Å². The molecule has 1 unspecified atom stereocenters. The van der Waals surface area contributed by atoms with Crippen LogP contribution >= 0.6 is 11.8 Å². The van der Waals surface area contributed by atoms with E-state index < -0.39 is 11.7 Å². The first-order valence-corrected chi connectivity index (χ1v) is 8.17. The number of rotatable bonds is 3. The number of allylic oxidation sites excluding steroid dienone is 1. The Morgan fingerprint density at radius 2 is 2.04 bits per heavy atom. The molecular formula is C17H20FN3OS. The van der Waals surface area contributed by atoms with Crippen LogP contribution in [0.4, 0.5) is 4.39 Å². The van der Waals surface area contributed by atoms with Gasteiger partial charge in [0.05, 0.1) is 0 Å². The normalized spacial score (nSPS) is 20.1. The number of benzene rings is 1. The van der Waals surface area contributed by atoms with E-state index in [1.165, 1.54) is 24.0 Å². The first-order valence-electron chi connectivity index (χ1n) is 7.29. The lowest BCUT2D eigenvalue weighted by Gasteiger charge is -2.27. The van der Waals surface area contributed by atoms with Gasteiger partial charge in [-0.2, -0.15) is 0 Å². The number of carbonyl (C=O) groups is 1. The molecule has 1 aliphatic rings. The summed E-state index contributed by atoms with van der Waals surface area (Å²) in [6.45, 7) is 5.57. The van der Waals surface area contributed by atoms with Gasteiger partial charge < -0.3 is 11.5 Å². The predicted octanol–water partition coefficient (Wildman–Crippen LogP) is 3.06. The van der Waals surface area contributed by atoms with Crippen molar-refractivity contribution in [2.45, 2.75) is 31.9 Å². The summed E-state index contributed by atoms with van der Waals surface area (Å²) in [5.41, 5.74) is 13.4. The van der Waals surface area contributed by atoms with Crippen molar-refractivity contribution in [3.8, 4) is 0 Å². The molecule has 1 atom stereocenters. The predicted molar refractivity (Wildman–Crippen MR) is 93.5 cm³/mol. The highest BCUT2D eigenvalue weighted by molar-refractivity contribution is 8.14. The Hall–Kier alpha value is -2.08. The second kappa shape index (κ2) is 7.00. The maximum absolute atomic E-state index is 14.3. The summed E-state index contributed by atoms with van der Waals surface area (Å²) in [6, 6.07) is 6.33. The zero-order valence-electron chi connectivity index (χ0n) is 13.3. The van der Waals surface area contributed by atoms with E-state index in [0.29, 0.717) is 22.4 Å². The summed E-state index contributed by atoms with van der Waals surface area (Å²) in [4.78, 5) is 16.9. The summed E-state index contributed by atoms with van der Waals surface area (Å²) in [5, 5.41) is -0.0287. The molecule has 0 saturated heterocycles. The highest BCUT2D eigenvalue weighted by atomic mass is 32.2. The Balaban J connectivity index is 2.64. The Labute approximate surface area is 139 Å². The lowest BCUT2D eigenvalue weighted by atomic mass is 9.82. The molecule has 1 heterocycles. The average molecular weight is 333 g/mol. The molecule has 2 rings (SSSR count). The van der Waals surface area contributed by atoms with Gasteiger partial charge in [0.15, 0.2) is 0 Å². The van der Waals surface area contributed by atoms with E-state index in [0.717, 1.165) is 0 Å². The molecule has 0 bridgehead atoms. The first-order chi connectivity index (χ1) is 10.9. The Kier molecular flexibility index (Phi) is 5.26. The van der Waals surface area contributed by atoms with Crippen LogP contribution in [0.15, 0.2) is 52.3 Å². The standard InChI is InChI=1S/C17H20FN3OS/c1-9(2)23-17(22)14-10(3)21-16(20)12(8-19)15(14)11-6-4-5-7-13(11)18/h4-9,15H,19H2,1-3H3,(H2,20,21)/b12-8-. The minimum atomic E-state index is -0.641. The third-order valence-corrected chi connectivity index (χ3v) is 4.44. The van der Waals surface area contributed by atoms with Crippen molar-refractivity contribution in [1.82, 2.24) is 0 Å². The summed E-state index contributed by atoms with van der Waals surface area (Å²) >= 11 is 1.19. The van der Waals surface area contributed by atoms with E-state index in [-0.39, 0.29) is 16.2 Å². The highest BCUT2D eigenvalue weighted by Crippen LogP contribution is 2.40. The first kappa shape index (κ1) is 17.3. The van der Waals surface area contributed by atoms with Crippen molar-refractivity contribution < 1.29 is 9.18 Å². The fourth-order valence-corrected chi connectivity index (χ4v) is 3.40. The van der Waals surface area contributed by atoms with Gasteiger partial charge in [0, 0.05) is 39.8 Å². The van der Waals surface area contributed by atoms with Gasteiger partial charge in [-0.3, -0.25) is 4.79 Å². The van der Waals surface area contributed by atoms with Crippen molar-refractivity contribution in [3.63, 3.8) is 0 Å². The third-order valence-electron chi connectivity index (χ3n) is 3.53. The van der Waals surface area contributed by atoms with E-state index in [1.54, 1.807) is 25.1 Å². The van der Waals surface area contributed by atoms with Gasteiger partial charge >= 0.3 is 0 Å². The number of amidine groups is 1. The number of carbonyl (C=O) groups excluding carboxylic acids is 1. The molecule has 0 radical (unpaired) electrons. The summed E-state index contributed by atoms with van der Waals surface area (Å²) < 4.78 is 14.3. The molecule has 0 aromatic heterocycles. The maximum Gasteiger partial charge on any atom is 0.218 e. The van der Waals surface area contributed by atoms with Gasteiger partial charge in [0.25, 0.3) is 0 Å². The molecule has 1 aromatic rings. The van der Waals surface area contributed by atoms with Crippen LogP contribution < -0.4 is 11.5 Å². The Morgan fingerprint density at radius 1 is 1.39 bits per heavy atom. The number of hydrogen-bond acceptors (Lipinski definition) is 5. The number of halogens is 1. The van der Waals surface area contributed by atoms with Gasteiger partial charge in [-0.1, -0.05) is 43.8 Å². The van der Waals surface area contributed by atoms with E-state index in [2.05, 4.69) is 4.99 Å². The number of hydrogen-bond donors (Lipinski definition) is 2. The number of nitrogens with zero attached hydrogens (tertiary/aromatic N) is 1.